The van der Waals surface area contributed by atoms with Crippen molar-refractivity contribution in [2.75, 3.05) is 0 Å². The average molecular weight is 598 g/mol. The van der Waals surface area contributed by atoms with Crippen molar-refractivity contribution < 1.29 is 29.9 Å². The molecule has 0 saturated carbocycles. The van der Waals surface area contributed by atoms with Gasteiger partial charge in [0.2, 0.25) is 0 Å². The first kappa shape index (κ1) is 23.8. The number of para-hydroxylation sites is 1. The van der Waals surface area contributed by atoms with Gasteiger partial charge in [0.05, 0.1) is 0 Å². The molecule has 0 N–H and O–H groups in total. The summed E-state index contributed by atoms with van der Waals surface area (Å²) < 4.78 is 14.6. The molecule has 8 rings (SSSR count). The zero-order valence-electron chi connectivity index (χ0n) is 20.7. The second kappa shape index (κ2) is 9.50. The maximum absolute atomic E-state index is 6.27. The van der Waals surface area contributed by atoms with E-state index in [4.69, 9.17) is 14.5 Å². The molecule has 2 aliphatic rings. The van der Waals surface area contributed by atoms with Crippen LogP contribution in [0.5, 0.6) is 11.5 Å². The van der Waals surface area contributed by atoms with E-state index >= 15 is 0 Å². The summed E-state index contributed by atoms with van der Waals surface area (Å²) in [6.07, 6.45) is 2.73. The van der Waals surface area contributed by atoms with Crippen molar-refractivity contribution in [3.8, 4) is 17.3 Å². The monoisotopic (exact) mass is 597 g/mol. The summed E-state index contributed by atoms with van der Waals surface area (Å²) in [4.78, 5) is 9.51. The molecule has 5 nitrogen and oxygen atoms in total. The number of fused-ring (bicyclic) bond motifs is 6. The van der Waals surface area contributed by atoms with E-state index in [0.29, 0.717) is 17.4 Å². The SMILES string of the molecule is [Pd+2].[c-]1c(Oc2[c-]c3c(cc2)c2ccccc2n3-c2ccccn2)cccc1C1=N[C@@H]2c3ccccc3C[C@@H]2O1. The number of hydrogen-bond acceptors (Lipinski definition) is 4. The Morgan fingerprint density at radius 3 is 2.56 bits per heavy atom. The summed E-state index contributed by atoms with van der Waals surface area (Å²) in [5, 5.41) is 2.24. The zero-order valence-corrected chi connectivity index (χ0v) is 22.2. The molecule has 0 unspecified atom stereocenters. The zero-order chi connectivity index (χ0) is 25.1. The number of aliphatic imine (C=N–C) groups is 1. The Balaban J connectivity index is 0.00000253. The average Bonchev–Trinajstić information content (AvgIpc) is 3.63. The summed E-state index contributed by atoms with van der Waals surface area (Å²) in [6.45, 7) is 0. The summed E-state index contributed by atoms with van der Waals surface area (Å²) in [5.41, 5.74) is 5.35. The van der Waals surface area contributed by atoms with Crippen LogP contribution in [0.1, 0.15) is 22.7 Å². The Kier molecular flexibility index (Phi) is 5.81. The topological polar surface area (TPSA) is 48.6 Å². The van der Waals surface area contributed by atoms with Gasteiger partial charge in [-0.1, -0.05) is 65.7 Å². The number of benzene rings is 4. The Bertz CT molecular complexity index is 1880. The fraction of sp³-hybridized carbons (Fsp3) is 0.0909. The van der Waals surface area contributed by atoms with E-state index in [1.807, 2.05) is 48.5 Å². The molecular formula is C33H21N3O2Pd. The number of rotatable bonds is 4. The molecule has 6 heteroatoms. The molecule has 0 fully saturated rings. The normalized spacial score (nSPS) is 17.3. The van der Waals surface area contributed by atoms with Crippen molar-refractivity contribution in [3.63, 3.8) is 0 Å². The van der Waals surface area contributed by atoms with E-state index in [1.54, 1.807) is 6.20 Å². The molecule has 0 spiro atoms. The van der Waals surface area contributed by atoms with Crippen molar-refractivity contribution in [1.82, 2.24) is 9.55 Å². The van der Waals surface area contributed by atoms with Crippen molar-refractivity contribution >= 4 is 27.7 Å². The Morgan fingerprint density at radius 1 is 0.795 bits per heavy atom. The van der Waals surface area contributed by atoms with Crippen molar-refractivity contribution in [3.05, 3.63) is 132 Å². The van der Waals surface area contributed by atoms with Crippen molar-refractivity contribution in [1.29, 1.82) is 0 Å². The Morgan fingerprint density at radius 2 is 1.64 bits per heavy atom. The minimum atomic E-state index is 0. The molecule has 2 atom stereocenters. The van der Waals surface area contributed by atoms with E-state index in [1.165, 1.54) is 11.1 Å². The minimum absolute atomic E-state index is 0. The molecule has 1 aliphatic carbocycles. The fourth-order valence-corrected chi connectivity index (χ4v) is 5.64. The molecule has 190 valence electrons. The standard InChI is InChI=1S/C33H21N3O2.Pd/c1-2-11-25-21(8-1)19-30-32(25)35-33(38-30)22-9-7-10-23(18-22)37-24-15-16-27-26-12-3-4-13-28(26)36(29(27)20-24)31-14-5-6-17-34-31;/h1-17,30,32H,19H2;/q-2;+2/t30-,32+;/m0./s1. The van der Waals surface area contributed by atoms with Gasteiger partial charge in [0.25, 0.3) is 0 Å². The third kappa shape index (κ3) is 3.96. The van der Waals surface area contributed by atoms with Crippen LogP contribution in [0.3, 0.4) is 0 Å². The first-order valence-corrected chi connectivity index (χ1v) is 12.7. The van der Waals surface area contributed by atoms with E-state index in [0.717, 1.165) is 39.6 Å². The molecular weight excluding hydrogens is 577 g/mol. The molecule has 1 aliphatic heterocycles. The number of pyridine rings is 1. The first-order valence-electron chi connectivity index (χ1n) is 12.7. The predicted molar refractivity (Wildman–Crippen MR) is 147 cm³/mol. The van der Waals surface area contributed by atoms with Gasteiger partial charge in [-0.2, -0.15) is 6.07 Å². The number of aromatic nitrogens is 2. The van der Waals surface area contributed by atoms with Crippen LogP contribution >= 0.6 is 0 Å². The van der Waals surface area contributed by atoms with Gasteiger partial charge in [0, 0.05) is 29.6 Å². The van der Waals surface area contributed by atoms with Crippen LogP contribution < -0.4 is 4.74 Å². The van der Waals surface area contributed by atoms with E-state index < -0.39 is 0 Å². The molecule has 39 heavy (non-hydrogen) atoms. The molecule has 2 aromatic heterocycles. The molecule has 6 aromatic rings. The summed E-state index contributed by atoms with van der Waals surface area (Å²) in [7, 11) is 0. The van der Waals surface area contributed by atoms with Gasteiger partial charge in [-0.15, -0.1) is 35.7 Å². The maximum atomic E-state index is 6.27. The van der Waals surface area contributed by atoms with Crippen LogP contribution in [-0.2, 0) is 31.6 Å². The molecule has 0 radical (unpaired) electrons. The van der Waals surface area contributed by atoms with Crippen LogP contribution in [0.2, 0.25) is 0 Å². The van der Waals surface area contributed by atoms with Crippen LogP contribution in [0.15, 0.2) is 108 Å². The predicted octanol–water partition coefficient (Wildman–Crippen LogP) is 7.01. The number of hydrogen-bond donors (Lipinski definition) is 0. The summed E-state index contributed by atoms with van der Waals surface area (Å²) in [6, 6.07) is 39.4. The smallest absolute Gasteiger partial charge is 0.514 e. The molecule has 0 amide bonds. The van der Waals surface area contributed by atoms with Crippen LogP contribution in [0.25, 0.3) is 27.6 Å². The van der Waals surface area contributed by atoms with Crippen LogP contribution in [0, 0.1) is 12.1 Å². The fourth-order valence-electron chi connectivity index (χ4n) is 5.64. The molecule has 0 saturated heterocycles. The van der Waals surface area contributed by atoms with Crippen molar-refractivity contribution in [2.45, 2.75) is 18.6 Å². The van der Waals surface area contributed by atoms with Crippen molar-refractivity contribution in [2.24, 2.45) is 4.99 Å². The quantitative estimate of drug-likeness (QED) is 0.162. The Hall–Kier alpha value is -4.24. The van der Waals surface area contributed by atoms with Gasteiger partial charge in [-0.3, -0.25) is 4.99 Å². The summed E-state index contributed by atoms with van der Waals surface area (Å²) >= 11 is 0. The van der Waals surface area contributed by atoms with Gasteiger partial charge in [-0.05, 0) is 34.7 Å². The van der Waals surface area contributed by atoms with E-state index in [2.05, 4.69) is 70.2 Å². The third-order valence-electron chi connectivity index (χ3n) is 7.32. The van der Waals surface area contributed by atoms with Gasteiger partial charge in [0.15, 0.2) is 0 Å². The first-order chi connectivity index (χ1) is 18.8. The van der Waals surface area contributed by atoms with Gasteiger partial charge >= 0.3 is 20.4 Å². The van der Waals surface area contributed by atoms with Crippen LogP contribution in [0.4, 0.5) is 0 Å². The van der Waals surface area contributed by atoms with Gasteiger partial charge in [-0.25, -0.2) is 4.98 Å². The molecule has 4 aromatic carbocycles. The van der Waals surface area contributed by atoms with E-state index in [-0.39, 0.29) is 32.6 Å². The largest absolute Gasteiger partial charge is 2.00 e. The van der Waals surface area contributed by atoms with E-state index in [9.17, 15) is 0 Å². The third-order valence-corrected chi connectivity index (χ3v) is 7.32. The van der Waals surface area contributed by atoms with Crippen LogP contribution in [-0.4, -0.2) is 21.6 Å². The maximum Gasteiger partial charge on any atom is 2.00 e. The van der Waals surface area contributed by atoms with Gasteiger partial charge in [0.1, 0.15) is 23.9 Å². The Labute approximate surface area is 239 Å². The second-order valence-corrected chi connectivity index (χ2v) is 9.59. The summed E-state index contributed by atoms with van der Waals surface area (Å²) in [5.74, 6) is 2.65. The van der Waals surface area contributed by atoms with Gasteiger partial charge < -0.3 is 14.0 Å². The minimum Gasteiger partial charge on any atom is -0.514 e. The second-order valence-electron chi connectivity index (χ2n) is 9.59. The number of nitrogens with zero attached hydrogens (tertiary/aromatic N) is 3. The molecule has 0 bridgehead atoms. The molecule has 3 heterocycles. The number of ether oxygens (including phenoxy) is 2.